The predicted octanol–water partition coefficient (Wildman–Crippen LogP) is 3.75. The number of carbonyl (C=O) groups is 2. The van der Waals surface area contributed by atoms with Crippen LogP contribution in [0.4, 0.5) is 5.69 Å². The number of anilines is 1. The molecule has 0 radical (unpaired) electrons. The molecular weight excluding hydrogens is 486 g/mol. The van der Waals surface area contributed by atoms with Gasteiger partial charge in [-0.2, -0.15) is 0 Å². The lowest BCUT2D eigenvalue weighted by atomic mass is 9.85. The Balaban J connectivity index is 1.74. The molecule has 0 aliphatic carbocycles. The second-order valence-corrected chi connectivity index (χ2v) is 16.1. The third kappa shape index (κ3) is 4.20. The van der Waals surface area contributed by atoms with Crippen molar-refractivity contribution in [2.45, 2.75) is 77.9 Å². The third-order valence-corrected chi connectivity index (χ3v) is 9.53. The molecule has 2 aromatic heterocycles. The first-order valence-electron chi connectivity index (χ1n) is 12.9. The normalized spacial score (nSPS) is 18.6. The zero-order chi connectivity index (χ0) is 26.7. The van der Waals surface area contributed by atoms with E-state index in [4.69, 9.17) is 9.72 Å². The largest absolute Gasteiger partial charge is 0.460 e. The van der Waals surface area contributed by atoms with Crippen molar-refractivity contribution in [3.63, 3.8) is 0 Å². The molecule has 0 saturated carbocycles. The second-order valence-electron chi connectivity index (χ2n) is 11.1. The fourth-order valence-corrected chi connectivity index (χ4v) is 7.77. The van der Waals surface area contributed by atoms with Crippen molar-refractivity contribution in [3.8, 4) is 11.4 Å². The molecular formula is C28H33N3O5Si. The SMILES string of the molecule is CCCC(=O)Nc1ccc2nc3c(c([Si](C)(C)C)c2c1)Cn1c-3cc2c(c1=O)COC(=O)CC2(O)CC. The lowest BCUT2D eigenvalue weighted by Gasteiger charge is -2.26. The van der Waals surface area contributed by atoms with Crippen LogP contribution in [0.1, 0.15) is 56.2 Å². The third-order valence-electron chi connectivity index (χ3n) is 7.46. The van der Waals surface area contributed by atoms with Gasteiger partial charge >= 0.3 is 5.97 Å². The van der Waals surface area contributed by atoms with Gasteiger partial charge in [-0.3, -0.25) is 14.4 Å². The molecule has 1 unspecified atom stereocenters. The maximum Gasteiger partial charge on any atom is 0.309 e. The summed E-state index contributed by atoms with van der Waals surface area (Å²) >= 11 is 0. The Morgan fingerprint density at radius 3 is 2.62 bits per heavy atom. The van der Waals surface area contributed by atoms with Gasteiger partial charge in [0.1, 0.15) is 12.2 Å². The first-order valence-corrected chi connectivity index (χ1v) is 16.4. The molecule has 0 fully saturated rings. The minimum absolute atomic E-state index is 0.0184. The van der Waals surface area contributed by atoms with E-state index in [1.807, 2.05) is 31.2 Å². The van der Waals surface area contributed by atoms with Crippen LogP contribution < -0.4 is 16.1 Å². The average Bonchev–Trinajstić information content (AvgIpc) is 3.12. The number of aromatic nitrogens is 2. The Bertz CT molecular complexity index is 1520. The highest BCUT2D eigenvalue weighted by Crippen LogP contribution is 2.39. The Morgan fingerprint density at radius 2 is 1.95 bits per heavy atom. The molecule has 194 valence electrons. The number of pyridine rings is 2. The standard InChI is InChI=1S/C28H33N3O5Si/c1-6-8-23(32)29-16-9-10-21-17(11-16)26(37(3,4)5)18-14-31-22(25(18)30-21)12-20-19(27(31)34)15-36-24(33)13-28(20,35)7-2/h9-12,35H,6-8,13-15H2,1-5H3,(H,29,32). The van der Waals surface area contributed by atoms with Crippen LogP contribution in [0.2, 0.25) is 19.6 Å². The van der Waals surface area contributed by atoms with Crippen molar-refractivity contribution in [2.24, 2.45) is 0 Å². The number of nitrogens with one attached hydrogen (secondary N) is 1. The number of cyclic esters (lactones) is 1. The van der Waals surface area contributed by atoms with Crippen LogP contribution in [0, 0.1) is 0 Å². The second kappa shape index (κ2) is 8.92. The fourth-order valence-electron chi connectivity index (χ4n) is 5.66. The summed E-state index contributed by atoms with van der Waals surface area (Å²) in [6.07, 6.45) is 1.33. The number of esters is 1. The fraction of sp³-hybridized carbons (Fsp3) is 0.429. The molecule has 3 aromatic rings. The van der Waals surface area contributed by atoms with Gasteiger partial charge in [-0.1, -0.05) is 33.5 Å². The van der Waals surface area contributed by atoms with Crippen molar-refractivity contribution in [2.75, 3.05) is 5.32 Å². The zero-order valence-corrected chi connectivity index (χ0v) is 23.0. The summed E-state index contributed by atoms with van der Waals surface area (Å²) < 4.78 is 6.98. The highest BCUT2D eigenvalue weighted by Gasteiger charge is 2.40. The Labute approximate surface area is 216 Å². The maximum absolute atomic E-state index is 13.7. The number of rotatable bonds is 5. The minimum Gasteiger partial charge on any atom is -0.460 e. The highest BCUT2D eigenvalue weighted by atomic mass is 28.3. The van der Waals surface area contributed by atoms with E-state index < -0.39 is 19.6 Å². The van der Waals surface area contributed by atoms with Crippen LogP contribution in [0.3, 0.4) is 0 Å². The summed E-state index contributed by atoms with van der Waals surface area (Å²) in [5.74, 6) is -0.535. The first-order chi connectivity index (χ1) is 17.5. The van der Waals surface area contributed by atoms with Gasteiger partial charge in [-0.15, -0.1) is 0 Å². The monoisotopic (exact) mass is 519 g/mol. The molecule has 1 atom stereocenters. The number of hydrogen-bond donors (Lipinski definition) is 2. The first kappa shape index (κ1) is 25.4. The molecule has 0 bridgehead atoms. The Hall–Kier alpha value is -3.30. The summed E-state index contributed by atoms with van der Waals surface area (Å²) in [4.78, 5) is 43.2. The van der Waals surface area contributed by atoms with Gasteiger partial charge in [-0.25, -0.2) is 4.98 Å². The molecule has 1 aromatic carbocycles. The number of benzene rings is 1. The number of ether oxygens (including phenoxy) is 1. The van der Waals surface area contributed by atoms with Crippen LogP contribution in [-0.2, 0) is 33.1 Å². The topological polar surface area (TPSA) is 111 Å². The average molecular weight is 520 g/mol. The Morgan fingerprint density at radius 1 is 1.19 bits per heavy atom. The van der Waals surface area contributed by atoms with E-state index in [0.717, 1.165) is 34.3 Å². The molecule has 0 saturated heterocycles. The number of hydrogen-bond acceptors (Lipinski definition) is 6. The van der Waals surface area contributed by atoms with Crippen LogP contribution in [0.15, 0.2) is 29.1 Å². The predicted molar refractivity (Wildman–Crippen MR) is 146 cm³/mol. The van der Waals surface area contributed by atoms with Crippen molar-refractivity contribution in [3.05, 3.63) is 51.3 Å². The molecule has 1 amide bonds. The number of carbonyl (C=O) groups excluding carboxylic acids is 2. The molecule has 4 heterocycles. The maximum atomic E-state index is 13.7. The van der Waals surface area contributed by atoms with E-state index in [9.17, 15) is 19.5 Å². The van der Waals surface area contributed by atoms with E-state index in [0.29, 0.717) is 29.8 Å². The van der Waals surface area contributed by atoms with Gasteiger partial charge in [0.25, 0.3) is 5.56 Å². The quantitative estimate of drug-likeness (QED) is 0.307. The van der Waals surface area contributed by atoms with Gasteiger partial charge < -0.3 is 19.7 Å². The van der Waals surface area contributed by atoms with E-state index in [2.05, 4.69) is 25.0 Å². The molecule has 37 heavy (non-hydrogen) atoms. The van der Waals surface area contributed by atoms with E-state index in [1.54, 1.807) is 11.5 Å². The van der Waals surface area contributed by atoms with Crippen LogP contribution >= 0.6 is 0 Å². The van der Waals surface area contributed by atoms with E-state index in [1.165, 1.54) is 5.19 Å². The van der Waals surface area contributed by atoms with Gasteiger partial charge in [0.05, 0.1) is 43.5 Å². The van der Waals surface area contributed by atoms with E-state index >= 15 is 0 Å². The minimum atomic E-state index is -1.96. The molecule has 8 nitrogen and oxygen atoms in total. The van der Waals surface area contributed by atoms with Crippen molar-refractivity contribution in [1.29, 1.82) is 0 Å². The van der Waals surface area contributed by atoms with Crippen LogP contribution in [0.25, 0.3) is 22.3 Å². The highest BCUT2D eigenvalue weighted by molar-refractivity contribution is 6.90. The molecule has 0 spiro atoms. The summed E-state index contributed by atoms with van der Waals surface area (Å²) in [7, 11) is -1.96. The molecule has 2 N–H and O–H groups in total. The van der Waals surface area contributed by atoms with Gasteiger partial charge in [-0.05, 0) is 53.4 Å². The van der Waals surface area contributed by atoms with Crippen LogP contribution in [-0.4, -0.2) is 34.6 Å². The van der Waals surface area contributed by atoms with Crippen molar-refractivity contribution >= 4 is 41.7 Å². The molecule has 9 heteroatoms. The summed E-state index contributed by atoms with van der Waals surface area (Å²) in [6.45, 7) is 10.8. The molecule has 5 rings (SSSR count). The van der Waals surface area contributed by atoms with Crippen molar-refractivity contribution < 1.29 is 19.4 Å². The number of fused-ring (bicyclic) bond motifs is 5. The summed E-state index contributed by atoms with van der Waals surface area (Å²) in [6, 6.07) is 7.61. The van der Waals surface area contributed by atoms with Gasteiger partial charge in [0.15, 0.2) is 0 Å². The lowest BCUT2D eigenvalue weighted by molar-refractivity contribution is -0.149. The summed E-state index contributed by atoms with van der Waals surface area (Å²) in [5.41, 5.74) is 2.99. The number of aliphatic hydroxyl groups is 1. The van der Waals surface area contributed by atoms with Crippen LogP contribution in [0.5, 0.6) is 0 Å². The summed E-state index contributed by atoms with van der Waals surface area (Å²) in [5, 5.41) is 16.6. The van der Waals surface area contributed by atoms with E-state index in [-0.39, 0.29) is 30.9 Å². The molecule has 2 aliphatic rings. The Kier molecular flexibility index (Phi) is 6.11. The lowest BCUT2D eigenvalue weighted by Crippen LogP contribution is -2.41. The van der Waals surface area contributed by atoms with Gasteiger partial charge in [0.2, 0.25) is 5.91 Å². The molecule has 2 aliphatic heterocycles. The number of amides is 1. The van der Waals surface area contributed by atoms with Crippen molar-refractivity contribution in [1.82, 2.24) is 9.55 Å². The zero-order valence-electron chi connectivity index (χ0n) is 22.0. The van der Waals surface area contributed by atoms with Gasteiger partial charge in [0, 0.05) is 17.5 Å². The number of nitrogens with zero attached hydrogens (tertiary/aromatic N) is 2. The smallest absolute Gasteiger partial charge is 0.309 e.